The zero-order valence-corrected chi connectivity index (χ0v) is 14.3. The van der Waals surface area contributed by atoms with E-state index in [0.717, 1.165) is 36.3 Å². The lowest BCUT2D eigenvalue weighted by Crippen LogP contribution is -2.30. The summed E-state index contributed by atoms with van der Waals surface area (Å²) in [6, 6.07) is 3.83. The van der Waals surface area contributed by atoms with Crippen molar-refractivity contribution in [1.82, 2.24) is 15.0 Å². The highest BCUT2D eigenvalue weighted by Crippen LogP contribution is 2.31. The molecule has 0 saturated carbocycles. The predicted molar refractivity (Wildman–Crippen MR) is 91.7 cm³/mol. The van der Waals surface area contributed by atoms with Gasteiger partial charge in [-0.2, -0.15) is 0 Å². The molecule has 0 saturated heterocycles. The second kappa shape index (κ2) is 6.95. The molecule has 6 nitrogen and oxygen atoms in total. The molecule has 0 spiro atoms. The molecule has 2 aromatic heterocycles. The summed E-state index contributed by atoms with van der Waals surface area (Å²) in [6.45, 7) is 2.43. The fraction of sp³-hybridized carbons (Fsp3) is 0.444. The van der Waals surface area contributed by atoms with Crippen LogP contribution in [0.3, 0.4) is 0 Å². The van der Waals surface area contributed by atoms with Crippen LogP contribution < -0.4 is 4.90 Å². The van der Waals surface area contributed by atoms with E-state index in [1.807, 2.05) is 31.0 Å². The highest BCUT2D eigenvalue weighted by Gasteiger charge is 2.24. The van der Waals surface area contributed by atoms with Crippen LogP contribution in [-0.4, -0.2) is 41.6 Å². The Kier molecular flexibility index (Phi) is 4.74. The number of aryl methyl sites for hydroxylation is 1. The average Bonchev–Trinajstić information content (AvgIpc) is 3.09. The van der Waals surface area contributed by atoms with E-state index in [9.17, 15) is 4.79 Å². The van der Waals surface area contributed by atoms with Gasteiger partial charge in [-0.25, -0.2) is 9.97 Å². The van der Waals surface area contributed by atoms with E-state index in [4.69, 9.17) is 14.7 Å². The van der Waals surface area contributed by atoms with Crippen molar-refractivity contribution in [1.29, 1.82) is 0 Å². The van der Waals surface area contributed by atoms with Crippen LogP contribution in [0.15, 0.2) is 24.5 Å². The molecule has 2 heterocycles. The van der Waals surface area contributed by atoms with Crippen LogP contribution in [0.1, 0.15) is 24.6 Å². The molecule has 0 bridgehead atoms. The lowest BCUT2D eigenvalue weighted by Gasteiger charge is -2.24. The first-order chi connectivity index (χ1) is 11.6. The third-order valence-electron chi connectivity index (χ3n) is 4.36. The van der Waals surface area contributed by atoms with Gasteiger partial charge in [-0.3, -0.25) is 9.78 Å². The van der Waals surface area contributed by atoms with Crippen LogP contribution in [0.25, 0.3) is 11.4 Å². The average molecular weight is 326 g/mol. The molecule has 1 aliphatic rings. The smallest absolute Gasteiger partial charge is 0.310 e. The van der Waals surface area contributed by atoms with Gasteiger partial charge in [-0.15, -0.1) is 0 Å². The van der Waals surface area contributed by atoms with E-state index >= 15 is 0 Å². The van der Waals surface area contributed by atoms with Gasteiger partial charge < -0.3 is 9.64 Å². The van der Waals surface area contributed by atoms with Gasteiger partial charge in [0.1, 0.15) is 5.82 Å². The number of ether oxygens (including phenoxy) is 1. The SMILES string of the molecule is COC(=O)C(C)CN(C)c1nc(-c2ccncc2)nc2c1CCC2. The number of carbonyl (C=O) groups is 1. The summed E-state index contributed by atoms with van der Waals surface area (Å²) in [5.41, 5.74) is 3.27. The summed E-state index contributed by atoms with van der Waals surface area (Å²) in [5, 5.41) is 0. The molecule has 126 valence electrons. The molecule has 3 rings (SSSR count). The third-order valence-corrected chi connectivity index (χ3v) is 4.36. The Morgan fingerprint density at radius 1 is 1.29 bits per heavy atom. The number of fused-ring (bicyclic) bond motifs is 1. The fourth-order valence-corrected chi connectivity index (χ4v) is 3.13. The number of methoxy groups -OCH3 is 1. The summed E-state index contributed by atoms with van der Waals surface area (Å²) in [6.07, 6.45) is 6.54. The van der Waals surface area contributed by atoms with Gasteiger partial charge in [-0.1, -0.05) is 6.92 Å². The quantitative estimate of drug-likeness (QED) is 0.785. The Hall–Kier alpha value is -2.50. The first-order valence-electron chi connectivity index (χ1n) is 8.19. The standard InChI is InChI=1S/C18H22N4O2/c1-12(18(23)24-3)11-22(2)17-14-5-4-6-15(14)20-16(21-17)13-7-9-19-10-8-13/h7-10,12H,4-6,11H2,1-3H3. The molecule has 0 N–H and O–H groups in total. The van der Waals surface area contributed by atoms with Crippen molar-refractivity contribution in [2.45, 2.75) is 26.2 Å². The maximum atomic E-state index is 11.7. The van der Waals surface area contributed by atoms with Crippen LogP contribution in [-0.2, 0) is 22.4 Å². The minimum atomic E-state index is -0.212. The number of carbonyl (C=O) groups excluding carboxylic acids is 1. The summed E-state index contributed by atoms with van der Waals surface area (Å²) >= 11 is 0. The molecule has 0 radical (unpaired) electrons. The summed E-state index contributed by atoms with van der Waals surface area (Å²) in [7, 11) is 3.39. The Morgan fingerprint density at radius 2 is 2.04 bits per heavy atom. The Morgan fingerprint density at radius 3 is 2.75 bits per heavy atom. The topological polar surface area (TPSA) is 68.2 Å². The van der Waals surface area contributed by atoms with Crippen molar-refractivity contribution in [2.24, 2.45) is 5.92 Å². The van der Waals surface area contributed by atoms with Crippen molar-refractivity contribution in [3.8, 4) is 11.4 Å². The molecule has 2 aromatic rings. The first-order valence-corrected chi connectivity index (χ1v) is 8.19. The number of hydrogen-bond donors (Lipinski definition) is 0. The Labute approximate surface area is 141 Å². The summed E-state index contributed by atoms with van der Waals surface area (Å²) < 4.78 is 4.83. The maximum Gasteiger partial charge on any atom is 0.310 e. The minimum absolute atomic E-state index is 0.207. The molecule has 0 fully saturated rings. The zero-order chi connectivity index (χ0) is 17.1. The molecular formula is C18H22N4O2. The number of rotatable bonds is 5. The second-order valence-electron chi connectivity index (χ2n) is 6.19. The van der Waals surface area contributed by atoms with Crippen LogP contribution in [0.2, 0.25) is 0 Å². The Bertz CT molecular complexity index is 733. The van der Waals surface area contributed by atoms with E-state index in [-0.39, 0.29) is 11.9 Å². The lowest BCUT2D eigenvalue weighted by atomic mass is 10.1. The van der Waals surface area contributed by atoms with Crippen LogP contribution in [0, 0.1) is 5.92 Å². The summed E-state index contributed by atoms with van der Waals surface area (Å²) in [4.78, 5) is 27.3. The minimum Gasteiger partial charge on any atom is -0.469 e. The fourth-order valence-electron chi connectivity index (χ4n) is 3.13. The van der Waals surface area contributed by atoms with E-state index < -0.39 is 0 Å². The number of pyridine rings is 1. The van der Waals surface area contributed by atoms with E-state index in [1.165, 1.54) is 12.7 Å². The van der Waals surface area contributed by atoms with Crippen molar-refractivity contribution in [3.63, 3.8) is 0 Å². The Balaban J connectivity index is 1.95. The highest BCUT2D eigenvalue weighted by atomic mass is 16.5. The van der Waals surface area contributed by atoms with E-state index in [0.29, 0.717) is 12.4 Å². The lowest BCUT2D eigenvalue weighted by molar-refractivity contribution is -0.144. The number of hydrogen-bond acceptors (Lipinski definition) is 6. The summed E-state index contributed by atoms with van der Waals surface area (Å²) in [5.74, 6) is 1.21. The van der Waals surface area contributed by atoms with Crippen molar-refractivity contribution in [3.05, 3.63) is 35.8 Å². The first kappa shape index (κ1) is 16.4. The monoisotopic (exact) mass is 326 g/mol. The van der Waals surface area contributed by atoms with Crippen molar-refractivity contribution >= 4 is 11.8 Å². The molecule has 1 aliphatic carbocycles. The molecule has 1 unspecified atom stereocenters. The molecule has 24 heavy (non-hydrogen) atoms. The van der Waals surface area contributed by atoms with Gasteiger partial charge in [0.25, 0.3) is 0 Å². The van der Waals surface area contributed by atoms with E-state index in [2.05, 4.69) is 4.98 Å². The zero-order valence-electron chi connectivity index (χ0n) is 14.3. The van der Waals surface area contributed by atoms with Gasteiger partial charge >= 0.3 is 5.97 Å². The number of aromatic nitrogens is 3. The molecule has 0 aromatic carbocycles. The van der Waals surface area contributed by atoms with Crippen LogP contribution >= 0.6 is 0 Å². The molecular weight excluding hydrogens is 304 g/mol. The molecule has 1 atom stereocenters. The largest absolute Gasteiger partial charge is 0.469 e. The predicted octanol–water partition coefficient (Wildman–Crippen LogP) is 2.27. The van der Waals surface area contributed by atoms with Gasteiger partial charge in [0.2, 0.25) is 0 Å². The number of anilines is 1. The van der Waals surface area contributed by atoms with Crippen molar-refractivity contribution < 1.29 is 9.53 Å². The number of esters is 1. The number of nitrogens with zero attached hydrogens (tertiary/aromatic N) is 4. The van der Waals surface area contributed by atoms with Crippen LogP contribution in [0.4, 0.5) is 5.82 Å². The maximum absolute atomic E-state index is 11.7. The van der Waals surface area contributed by atoms with Gasteiger partial charge in [0.15, 0.2) is 5.82 Å². The van der Waals surface area contributed by atoms with Gasteiger partial charge in [-0.05, 0) is 31.4 Å². The van der Waals surface area contributed by atoms with Gasteiger partial charge in [0, 0.05) is 42.8 Å². The molecule has 6 heteroatoms. The third kappa shape index (κ3) is 3.22. The molecule has 0 aliphatic heterocycles. The highest BCUT2D eigenvalue weighted by molar-refractivity contribution is 5.73. The van der Waals surface area contributed by atoms with E-state index in [1.54, 1.807) is 12.4 Å². The second-order valence-corrected chi connectivity index (χ2v) is 6.19. The molecule has 0 amide bonds. The van der Waals surface area contributed by atoms with Gasteiger partial charge in [0.05, 0.1) is 13.0 Å². The van der Waals surface area contributed by atoms with Crippen molar-refractivity contribution in [2.75, 3.05) is 25.6 Å². The normalized spacial score (nSPS) is 14.1. The van der Waals surface area contributed by atoms with Crippen LogP contribution in [0.5, 0.6) is 0 Å².